The zero-order valence-electron chi connectivity index (χ0n) is 18.8. The maximum Gasteiger partial charge on any atom is 0.269 e. The summed E-state index contributed by atoms with van der Waals surface area (Å²) < 4.78 is 0. The molecule has 0 bridgehead atoms. The third-order valence-corrected chi connectivity index (χ3v) is 7.59. The maximum absolute atomic E-state index is 14.2. The lowest BCUT2D eigenvalue weighted by Gasteiger charge is -2.37. The first kappa shape index (κ1) is 21.2. The Kier molecular flexibility index (Phi) is 4.42. The molecule has 3 aromatic carbocycles. The molecule has 0 aromatic heterocycles. The lowest BCUT2D eigenvalue weighted by Crippen LogP contribution is -2.48. The van der Waals surface area contributed by atoms with Gasteiger partial charge in [0.15, 0.2) is 17.3 Å². The number of nitrogens with zero attached hydrogens (tertiary/aromatic N) is 2. The number of carbonyl (C=O) groups is 3. The van der Waals surface area contributed by atoms with E-state index >= 15 is 0 Å². The summed E-state index contributed by atoms with van der Waals surface area (Å²) in [6.45, 7) is 1.47. The van der Waals surface area contributed by atoms with Crippen LogP contribution in [0.3, 0.4) is 0 Å². The van der Waals surface area contributed by atoms with Crippen LogP contribution in [-0.4, -0.2) is 34.4 Å². The Bertz CT molecular complexity index is 1440. The van der Waals surface area contributed by atoms with Gasteiger partial charge >= 0.3 is 0 Å². The van der Waals surface area contributed by atoms with Gasteiger partial charge < -0.3 is 4.90 Å². The zero-order valence-corrected chi connectivity index (χ0v) is 18.8. The molecule has 172 valence electrons. The van der Waals surface area contributed by atoms with Crippen molar-refractivity contribution in [1.82, 2.24) is 0 Å². The van der Waals surface area contributed by atoms with Crippen LogP contribution in [0.5, 0.6) is 0 Å². The van der Waals surface area contributed by atoms with E-state index in [1.54, 1.807) is 36.4 Å². The van der Waals surface area contributed by atoms with E-state index in [0.29, 0.717) is 16.7 Å². The predicted octanol–water partition coefficient (Wildman–Crippen LogP) is 4.62. The second-order valence-corrected chi connectivity index (χ2v) is 9.22. The minimum absolute atomic E-state index is 0.101. The van der Waals surface area contributed by atoms with Crippen LogP contribution >= 0.6 is 0 Å². The highest BCUT2D eigenvalue weighted by Gasteiger charge is 2.71. The Morgan fingerprint density at radius 3 is 2.11 bits per heavy atom. The molecule has 1 fully saturated rings. The van der Waals surface area contributed by atoms with Crippen molar-refractivity contribution in [2.24, 2.45) is 5.41 Å². The van der Waals surface area contributed by atoms with Crippen LogP contribution in [-0.2, 0) is 4.79 Å². The smallest absolute Gasteiger partial charge is 0.269 e. The molecule has 1 saturated heterocycles. The SMILES string of the molecule is CC(=O)C1C(c2ccc([N+](=O)[O-])cc2)C2(C(=O)c3ccccc3C2=O)C2C=Cc3ccccc3N12. The van der Waals surface area contributed by atoms with E-state index in [0.717, 1.165) is 11.3 Å². The monoisotopic (exact) mass is 464 g/mol. The summed E-state index contributed by atoms with van der Waals surface area (Å²) in [5, 5.41) is 11.3. The molecular weight excluding hydrogens is 444 g/mol. The van der Waals surface area contributed by atoms with Gasteiger partial charge in [0.1, 0.15) is 5.41 Å². The Balaban J connectivity index is 1.66. The third kappa shape index (κ3) is 2.63. The average molecular weight is 464 g/mol. The summed E-state index contributed by atoms with van der Waals surface area (Å²) in [4.78, 5) is 54.4. The van der Waals surface area contributed by atoms with Crippen molar-refractivity contribution in [2.75, 3.05) is 4.90 Å². The van der Waals surface area contributed by atoms with Gasteiger partial charge in [0.2, 0.25) is 0 Å². The Morgan fingerprint density at radius 1 is 0.914 bits per heavy atom. The van der Waals surface area contributed by atoms with Crippen LogP contribution in [0, 0.1) is 15.5 Å². The van der Waals surface area contributed by atoms with Crippen LogP contribution in [0.1, 0.15) is 44.7 Å². The molecular formula is C28H20N2O5. The Labute approximate surface area is 200 Å². The average Bonchev–Trinajstić information content (AvgIpc) is 3.31. The summed E-state index contributed by atoms with van der Waals surface area (Å²) in [6, 6.07) is 18.7. The van der Waals surface area contributed by atoms with Gasteiger partial charge in [0.05, 0.1) is 17.0 Å². The largest absolute Gasteiger partial charge is 0.352 e. The number of fused-ring (bicyclic) bond motifs is 5. The zero-order chi connectivity index (χ0) is 24.5. The number of benzene rings is 3. The van der Waals surface area contributed by atoms with E-state index in [1.165, 1.54) is 19.1 Å². The summed E-state index contributed by atoms with van der Waals surface area (Å²) in [5.74, 6) is -1.64. The Morgan fingerprint density at radius 2 is 1.51 bits per heavy atom. The molecule has 7 nitrogen and oxygen atoms in total. The molecule has 1 aliphatic carbocycles. The van der Waals surface area contributed by atoms with Gasteiger partial charge in [-0.15, -0.1) is 0 Å². The molecule has 0 N–H and O–H groups in total. The second-order valence-electron chi connectivity index (χ2n) is 9.22. The minimum Gasteiger partial charge on any atom is -0.352 e. The number of nitro benzene ring substituents is 1. The van der Waals surface area contributed by atoms with Crippen molar-refractivity contribution in [3.05, 3.63) is 111 Å². The van der Waals surface area contributed by atoms with Crippen molar-refractivity contribution >= 4 is 34.8 Å². The van der Waals surface area contributed by atoms with Crippen molar-refractivity contribution in [2.45, 2.75) is 24.9 Å². The third-order valence-electron chi connectivity index (χ3n) is 7.59. The van der Waals surface area contributed by atoms with Crippen molar-refractivity contribution in [1.29, 1.82) is 0 Å². The number of rotatable bonds is 3. The van der Waals surface area contributed by atoms with Crippen molar-refractivity contribution in [3.8, 4) is 0 Å². The van der Waals surface area contributed by atoms with E-state index in [2.05, 4.69) is 0 Å². The lowest BCUT2D eigenvalue weighted by molar-refractivity contribution is -0.384. The fourth-order valence-corrected chi connectivity index (χ4v) is 6.25. The number of non-ortho nitro benzene ring substituents is 1. The van der Waals surface area contributed by atoms with Gasteiger partial charge in [-0.2, -0.15) is 0 Å². The maximum atomic E-state index is 14.2. The number of Topliss-reactive ketones (excluding diaryl/α,β-unsaturated/α-hetero) is 3. The number of hydrogen-bond acceptors (Lipinski definition) is 6. The van der Waals surface area contributed by atoms with Gasteiger partial charge in [-0.3, -0.25) is 24.5 Å². The summed E-state index contributed by atoms with van der Waals surface area (Å²) in [6.07, 6.45) is 3.75. The van der Waals surface area contributed by atoms with Crippen molar-refractivity contribution < 1.29 is 19.3 Å². The molecule has 35 heavy (non-hydrogen) atoms. The fourth-order valence-electron chi connectivity index (χ4n) is 6.25. The van der Waals surface area contributed by atoms with E-state index in [1.807, 2.05) is 41.3 Å². The van der Waals surface area contributed by atoms with Gasteiger partial charge in [-0.1, -0.05) is 66.7 Å². The molecule has 3 aromatic rings. The molecule has 7 heteroatoms. The van der Waals surface area contributed by atoms with Gasteiger partial charge in [-0.05, 0) is 24.1 Å². The standard InChI is InChI=1S/C28H20N2O5/c1-16(31)25-24(18-10-13-19(14-11-18)30(34)35)28(26(32)20-7-3-4-8-21(20)27(28)33)23-15-12-17-6-2-5-9-22(17)29(23)25/h2-15,23-25H,1H3. The second kappa shape index (κ2) is 7.30. The van der Waals surface area contributed by atoms with E-state index in [-0.39, 0.29) is 23.0 Å². The van der Waals surface area contributed by atoms with Crippen LogP contribution in [0.4, 0.5) is 11.4 Å². The van der Waals surface area contributed by atoms with Gasteiger partial charge in [0, 0.05) is 34.9 Å². The molecule has 0 saturated carbocycles. The quantitative estimate of drug-likeness (QED) is 0.319. The number of hydrogen-bond donors (Lipinski definition) is 0. The number of nitro groups is 1. The molecule has 3 aliphatic rings. The van der Waals surface area contributed by atoms with E-state index in [9.17, 15) is 24.5 Å². The first-order valence-electron chi connectivity index (χ1n) is 11.4. The molecule has 3 unspecified atom stereocenters. The lowest BCUT2D eigenvalue weighted by atomic mass is 9.64. The summed E-state index contributed by atoms with van der Waals surface area (Å²) in [7, 11) is 0. The first-order valence-corrected chi connectivity index (χ1v) is 11.4. The summed E-state index contributed by atoms with van der Waals surface area (Å²) >= 11 is 0. The number of carbonyl (C=O) groups excluding carboxylic acids is 3. The molecule has 2 aliphatic heterocycles. The minimum atomic E-state index is -1.57. The van der Waals surface area contributed by atoms with Crippen LogP contribution in [0.2, 0.25) is 0 Å². The number of anilines is 1. The predicted molar refractivity (Wildman–Crippen MR) is 130 cm³/mol. The molecule has 0 amide bonds. The van der Waals surface area contributed by atoms with Crippen LogP contribution < -0.4 is 4.90 Å². The topological polar surface area (TPSA) is 97.6 Å². The number of para-hydroxylation sites is 1. The van der Waals surface area contributed by atoms with Crippen molar-refractivity contribution in [3.63, 3.8) is 0 Å². The molecule has 0 radical (unpaired) electrons. The molecule has 6 rings (SSSR count). The van der Waals surface area contributed by atoms with E-state index < -0.39 is 28.3 Å². The van der Waals surface area contributed by atoms with E-state index in [4.69, 9.17) is 0 Å². The first-order chi connectivity index (χ1) is 16.9. The highest BCUT2D eigenvalue weighted by atomic mass is 16.6. The van der Waals surface area contributed by atoms with Crippen LogP contribution in [0.15, 0.2) is 78.9 Å². The van der Waals surface area contributed by atoms with Gasteiger partial charge in [-0.25, -0.2) is 0 Å². The molecule has 1 spiro atoms. The Hall–Kier alpha value is -4.39. The number of ketones is 3. The van der Waals surface area contributed by atoms with Gasteiger partial charge in [0.25, 0.3) is 5.69 Å². The molecule has 2 heterocycles. The highest BCUT2D eigenvalue weighted by Crippen LogP contribution is 2.60. The van der Waals surface area contributed by atoms with Crippen LogP contribution in [0.25, 0.3) is 6.08 Å². The fraction of sp³-hybridized carbons (Fsp3) is 0.179. The highest BCUT2D eigenvalue weighted by molar-refractivity contribution is 6.32. The normalized spacial score (nSPS) is 23.2. The molecule has 3 atom stereocenters. The summed E-state index contributed by atoms with van der Waals surface area (Å²) in [5.41, 5.74) is 1.24.